The summed E-state index contributed by atoms with van der Waals surface area (Å²) in [5, 5.41) is 8.28. The SMILES string of the molecule is N#C[C@@H]1CCC(=O)C1. The van der Waals surface area contributed by atoms with Gasteiger partial charge in [-0.15, -0.1) is 0 Å². The van der Waals surface area contributed by atoms with E-state index in [2.05, 4.69) is 6.07 Å². The van der Waals surface area contributed by atoms with Crippen molar-refractivity contribution in [3.8, 4) is 6.07 Å². The molecule has 0 amide bonds. The number of carbonyl (C=O) groups is 1. The summed E-state index contributed by atoms with van der Waals surface area (Å²) in [6, 6.07) is 2.07. The predicted octanol–water partition coefficient (Wildman–Crippen LogP) is 0.879. The van der Waals surface area contributed by atoms with Gasteiger partial charge in [0.25, 0.3) is 0 Å². The van der Waals surface area contributed by atoms with Crippen LogP contribution in [0.4, 0.5) is 0 Å². The highest BCUT2D eigenvalue weighted by molar-refractivity contribution is 5.81. The summed E-state index contributed by atoms with van der Waals surface area (Å²) in [4.78, 5) is 10.5. The minimum absolute atomic E-state index is 0.0301. The smallest absolute Gasteiger partial charge is 0.134 e. The molecule has 1 aliphatic rings. The third kappa shape index (κ3) is 0.865. The first kappa shape index (κ1) is 5.30. The maximum Gasteiger partial charge on any atom is 0.134 e. The second-order valence-electron chi connectivity index (χ2n) is 2.11. The lowest BCUT2D eigenvalue weighted by Gasteiger charge is -1.86. The molecule has 1 rings (SSSR count). The standard InChI is InChI=1S/C6H7NO/c7-4-5-1-2-6(8)3-5/h5H,1-3H2/t5-/m1/s1. The Hall–Kier alpha value is -0.840. The number of nitriles is 1. The van der Waals surface area contributed by atoms with E-state index in [-0.39, 0.29) is 11.7 Å². The first-order valence-corrected chi connectivity index (χ1v) is 2.74. The van der Waals surface area contributed by atoms with E-state index in [1.165, 1.54) is 0 Å². The Kier molecular flexibility index (Phi) is 1.29. The average molecular weight is 109 g/mol. The van der Waals surface area contributed by atoms with Crippen LogP contribution in [0, 0.1) is 17.2 Å². The van der Waals surface area contributed by atoms with Crippen LogP contribution in [0.1, 0.15) is 19.3 Å². The number of Topliss-reactive ketones (excluding diaryl/α,β-unsaturated/α-hetero) is 1. The van der Waals surface area contributed by atoms with Gasteiger partial charge in [-0.2, -0.15) is 5.26 Å². The maximum atomic E-state index is 10.5. The monoisotopic (exact) mass is 109 g/mol. The summed E-state index contributed by atoms with van der Waals surface area (Å²) < 4.78 is 0. The van der Waals surface area contributed by atoms with Crippen molar-refractivity contribution in [3.05, 3.63) is 0 Å². The average Bonchev–Trinajstić information content (AvgIpc) is 2.14. The van der Waals surface area contributed by atoms with E-state index in [0.717, 1.165) is 6.42 Å². The predicted molar refractivity (Wildman–Crippen MR) is 28.0 cm³/mol. The molecule has 0 heterocycles. The van der Waals surface area contributed by atoms with E-state index in [1.54, 1.807) is 0 Å². The quantitative estimate of drug-likeness (QED) is 0.463. The number of ketones is 1. The Bertz CT molecular complexity index is 145. The molecule has 0 N–H and O–H groups in total. The molecule has 2 nitrogen and oxygen atoms in total. The summed E-state index contributed by atoms with van der Waals surface area (Å²) in [7, 11) is 0. The van der Waals surface area contributed by atoms with Crippen molar-refractivity contribution in [2.24, 2.45) is 5.92 Å². The molecular weight excluding hydrogens is 102 g/mol. The summed E-state index contributed by atoms with van der Waals surface area (Å²) in [6.45, 7) is 0. The van der Waals surface area contributed by atoms with Gasteiger partial charge < -0.3 is 0 Å². The molecule has 0 saturated heterocycles. The molecule has 0 spiro atoms. The molecule has 1 fully saturated rings. The highest BCUT2D eigenvalue weighted by atomic mass is 16.1. The molecule has 42 valence electrons. The van der Waals surface area contributed by atoms with Crippen LogP contribution in [0.5, 0.6) is 0 Å². The van der Waals surface area contributed by atoms with Crippen molar-refractivity contribution >= 4 is 5.78 Å². The van der Waals surface area contributed by atoms with Crippen LogP contribution in [0.25, 0.3) is 0 Å². The molecule has 1 atom stereocenters. The lowest BCUT2D eigenvalue weighted by molar-refractivity contribution is -0.117. The van der Waals surface area contributed by atoms with Gasteiger partial charge in [0.15, 0.2) is 0 Å². The molecule has 0 unspecified atom stereocenters. The van der Waals surface area contributed by atoms with Crippen LogP contribution < -0.4 is 0 Å². The molecule has 0 radical (unpaired) electrons. The lowest BCUT2D eigenvalue weighted by Crippen LogP contribution is -1.89. The number of hydrogen-bond donors (Lipinski definition) is 0. The lowest BCUT2D eigenvalue weighted by atomic mass is 10.1. The van der Waals surface area contributed by atoms with Gasteiger partial charge in [-0.25, -0.2) is 0 Å². The summed E-state index contributed by atoms with van der Waals surface area (Å²) in [5.41, 5.74) is 0. The molecular formula is C6H7NO. The van der Waals surface area contributed by atoms with Gasteiger partial charge in [0.2, 0.25) is 0 Å². The van der Waals surface area contributed by atoms with Crippen LogP contribution in [0.3, 0.4) is 0 Å². The highest BCUT2D eigenvalue weighted by Gasteiger charge is 2.20. The van der Waals surface area contributed by atoms with Crippen LogP contribution >= 0.6 is 0 Å². The van der Waals surface area contributed by atoms with Gasteiger partial charge in [-0.1, -0.05) is 0 Å². The fourth-order valence-corrected chi connectivity index (χ4v) is 0.924. The Balaban J connectivity index is 2.47. The van der Waals surface area contributed by atoms with Crippen molar-refractivity contribution in [2.75, 3.05) is 0 Å². The first-order chi connectivity index (χ1) is 3.83. The van der Waals surface area contributed by atoms with E-state index in [9.17, 15) is 4.79 Å². The van der Waals surface area contributed by atoms with Gasteiger partial charge in [0, 0.05) is 12.8 Å². The third-order valence-corrected chi connectivity index (χ3v) is 1.43. The van der Waals surface area contributed by atoms with E-state index >= 15 is 0 Å². The van der Waals surface area contributed by atoms with Crippen molar-refractivity contribution < 1.29 is 4.79 Å². The van der Waals surface area contributed by atoms with Crippen molar-refractivity contribution in [3.63, 3.8) is 0 Å². The fourth-order valence-electron chi connectivity index (χ4n) is 0.924. The van der Waals surface area contributed by atoms with Crippen LogP contribution in [-0.4, -0.2) is 5.78 Å². The van der Waals surface area contributed by atoms with Crippen LogP contribution in [-0.2, 0) is 4.79 Å². The Labute approximate surface area is 48.1 Å². The van der Waals surface area contributed by atoms with Crippen LogP contribution in [0.15, 0.2) is 0 Å². The summed E-state index contributed by atoms with van der Waals surface area (Å²) >= 11 is 0. The van der Waals surface area contributed by atoms with Crippen LogP contribution in [0.2, 0.25) is 0 Å². The first-order valence-electron chi connectivity index (χ1n) is 2.74. The topological polar surface area (TPSA) is 40.9 Å². The molecule has 8 heavy (non-hydrogen) atoms. The molecule has 0 aromatic carbocycles. The Morgan fingerprint density at radius 1 is 1.75 bits per heavy atom. The van der Waals surface area contributed by atoms with Crippen molar-refractivity contribution in [1.82, 2.24) is 0 Å². The fraction of sp³-hybridized carbons (Fsp3) is 0.667. The zero-order chi connectivity index (χ0) is 5.98. The maximum absolute atomic E-state index is 10.5. The minimum atomic E-state index is 0.0301. The molecule has 0 aliphatic heterocycles. The molecule has 1 saturated carbocycles. The van der Waals surface area contributed by atoms with E-state index < -0.39 is 0 Å². The number of carbonyl (C=O) groups excluding carboxylic acids is 1. The van der Waals surface area contributed by atoms with E-state index in [0.29, 0.717) is 12.8 Å². The molecule has 0 aromatic rings. The Morgan fingerprint density at radius 2 is 2.50 bits per heavy atom. The normalized spacial score (nSPS) is 27.9. The van der Waals surface area contributed by atoms with Gasteiger partial charge in [0.05, 0.1) is 12.0 Å². The van der Waals surface area contributed by atoms with Gasteiger partial charge in [-0.05, 0) is 6.42 Å². The molecule has 2 heteroatoms. The van der Waals surface area contributed by atoms with Gasteiger partial charge >= 0.3 is 0 Å². The third-order valence-electron chi connectivity index (χ3n) is 1.43. The van der Waals surface area contributed by atoms with Gasteiger partial charge in [0.1, 0.15) is 5.78 Å². The molecule has 0 bridgehead atoms. The van der Waals surface area contributed by atoms with E-state index in [1.807, 2.05) is 0 Å². The number of nitrogens with zero attached hydrogens (tertiary/aromatic N) is 1. The minimum Gasteiger partial charge on any atom is -0.300 e. The van der Waals surface area contributed by atoms with Crippen molar-refractivity contribution in [1.29, 1.82) is 5.26 Å². The van der Waals surface area contributed by atoms with E-state index in [4.69, 9.17) is 5.26 Å². The number of hydrogen-bond acceptors (Lipinski definition) is 2. The zero-order valence-electron chi connectivity index (χ0n) is 4.55. The second-order valence-corrected chi connectivity index (χ2v) is 2.11. The highest BCUT2D eigenvalue weighted by Crippen LogP contribution is 2.19. The molecule has 0 aromatic heterocycles. The number of rotatable bonds is 0. The summed E-state index contributed by atoms with van der Waals surface area (Å²) in [6.07, 6.45) is 1.91. The Morgan fingerprint density at radius 3 is 2.75 bits per heavy atom. The van der Waals surface area contributed by atoms with Crippen molar-refractivity contribution in [2.45, 2.75) is 19.3 Å². The largest absolute Gasteiger partial charge is 0.300 e. The molecule has 1 aliphatic carbocycles. The summed E-state index contributed by atoms with van der Waals surface area (Å²) in [5.74, 6) is 0.277. The zero-order valence-corrected chi connectivity index (χ0v) is 4.55. The second kappa shape index (κ2) is 1.95. The van der Waals surface area contributed by atoms with Gasteiger partial charge in [-0.3, -0.25) is 4.79 Å².